The maximum absolute atomic E-state index is 11.2. The fourth-order valence-electron chi connectivity index (χ4n) is 1.19. The van der Waals surface area contributed by atoms with Crippen molar-refractivity contribution in [2.75, 3.05) is 21.3 Å². The zero-order valence-corrected chi connectivity index (χ0v) is 11.3. The van der Waals surface area contributed by atoms with Crippen molar-refractivity contribution in [1.29, 1.82) is 0 Å². The zero-order valence-electron chi connectivity index (χ0n) is 11.3. The van der Waals surface area contributed by atoms with Gasteiger partial charge in [-0.1, -0.05) is 6.42 Å². The Morgan fingerprint density at radius 2 is 1.94 bits per heavy atom. The number of hydrogen-bond donors (Lipinski definition) is 0. The molecule has 0 fully saturated rings. The molecule has 0 rings (SSSR count). The Hall–Kier alpha value is -1.58. The number of unbranched alkanes of at least 4 members (excludes halogenated alkanes) is 3. The van der Waals surface area contributed by atoms with E-state index in [0.29, 0.717) is 6.42 Å². The molecule has 0 aliphatic rings. The third kappa shape index (κ3) is 8.56. The first-order chi connectivity index (χ1) is 8.61. The fourth-order valence-corrected chi connectivity index (χ4v) is 1.19. The topological polar surface area (TPSA) is 55.8 Å². The molecule has 0 saturated heterocycles. The summed E-state index contributed by atoms with van der Waals surface area (Å²) in [6.45, 7) is 0. The summed E-state index contributed by atoms with van der Waals surface area (Å²) >= 11 is 0. The standard InChI is InChI=1S/C13H21NO4/c1-14(18-3)12(15)10-8-6-4-5-7-9-11-13(16)17-2/h6,10H,4-5,7,9,11H2,1-3H3. The third-order valence-electron chi connectivity index (χ3n) is 2.37. The van der Waals surface area contributed by atoms with Gasteiger partial charge in [-0.3, -0.25) is 14.4 Å². The molecule has 0 aromatic rings. The highest BCUT2D eigenvalue weighted by atomic mass is 16.7. The molecule has 0 aromatic heterocycles. The van der Waals surface area contributed by atoms with Crippen LogP contribution in [0.3, 0.4) is 0 Å². The highest BCUT2D eigenvalue weighted by Gasteiger charge is 2.00. The van der Waals surface area contributed by atoms with E-state index in [0.717, 1.165) is 30.7 Å². The average molecular weight is 255 g/mol. The van der Waals surface area contributed by atoms with Crippen molar-refractivity contribution >= 4 is 11.9 Å². The van der Waals surface area contributed by atoms with Crippen LogP contribution in [0.2, 0.25) is 0 Å². The van der Waals surface area contributed by atoms with Crippen LogP contribution in [0.25, 0.3) is 0 Å². The number of carbonyl (C=O) groups excluding carboxylic acids is 2. The van der Waals surface area contributed by atoms with Crippen LogP contribution in [0, 0.1) is 0 Å². The van der Waals surface area contributed by atoms with Gasteiger partial charge in [-0.05, 0) is 25.3 Å². The maximum atomic E-state index is 11.2. The number of rotatable bonds is 8. The molecule has 0 spiro atoms. The Morgan fingerprint density at radius 1 is 1.22 bits per heavy atom. The van der Waals surface area contributed by atoms with Gasteiger partial charge in [-0.15, -0.1) is 5.73 Å². The number of hydroxylamine groups is 2. The van der Waals surface area contributed by atoms with E-state index in [4.69, 9.17) is 4.84 Å². The number of methoxy groups -OCH3 is 1. The second-order valence-corrected chi connectivity index (χ2v) is 3.71. The number of amides is 1. The van der Waals surface area contributed by atoms with Crippen LogP contribution in [0.1, 0.15) is 32.1 Å². The van der Waals surface area contributed by atoms with Gasteiger partial charge in [-0.25, -0.2) is 5.06 Å². The summed E-state index contributed by atoms with van der Waals surface area (Å²) in [5, 5.41) is 1.12. The second kappa shape index (κ2) is 10.6. The Bertz CT molecular complexity index is 319. The number of hydrogen-bond acceptors (Lipinski definition) is 4. The van der Waals surface area contributed by atoms with Crippen molar-refractivity contribution in [3.8, 4) is 0 Å². The summed E-state index contributed by atoms with van der Waals surface area (Å²) in [6, 6.07) is 0. The molecule has 0 unspecified atom stereocenters. The lowest BCUT2D eigenvalue weighted by Gasteiger charge is -2.08. The van der Waals surface area contributed by atoms with Crippen molar-refractivity contribution < 1.29 is 19.2 Å². The van der Waals surface area contributed by atoms with Crippen LogP contribution in [-0.2, 0) is 19.2 Å². The monoisotopic (exact) mass is 255 g/mol. The number of nitrogens with zero attached hydrogens (tertiary/aromatic N) is 1. The van der Waals surface area contributed by atoms with E-state index < -0.39 is 0 Å². The second-order valence-electron chi connectivity index (χ2n) is 3.71. The van der Waals surface area contributed by atoms with Crippen molar-refractivity contribution in [3.05, 3.63) is 17.9 Å². The Kier molecular flexibility index (Phi) is 9.64. The largest absolute Gasteiger partial charge is 0.469 e. The van der Waals surface area contributed by atoms with Gasteiger partial charge < -0.3 is 4.74 Å². The number of esters is 1. The van der Waals surface area contributed by atoms with Gasteiger partial charge in [-0.2, -0.15) is 0 Å². The van der Waals surface area contributed by atoms with Crippen LogP contribution in [0.5, 0.6) is 0 Å². The molecule has 0 aromatic carbocycles. The van der Waals surface area contributed by atoms with Gasteiger partial charge in [0.2, 0.25) is 0 Å². The van der Waals surface area contributed by atoms with Crippen molar-refractivity contribution in [2.45, 2.75) is 32.1 Å². The van der Waals surface area contributed by atoms with Crippen LogP contribution in [-0.4, -0.2) is 38.2 Å². The molecule has 0 saturated carbocycles. The van der Waals surface area contributed by atoms with Gasteiger partial charge in [0.05, 0.1) is 14.2 Å². The molecule has 5 heteroatoms. The Labute approximate surface area is 108 Å². The number of carbonyl (C=O) groups is 2. The van der Waals surface area contributed by atoms with Gasteiger partial charge >= 0.3 is 5.97 Å². The lowest BCUT2D eigenvalue weighted by atomic mass is 10.1. The molecule has 0 bridgehead atoms. The Morgan fingerprint density at radius 3 is 2.56 bits per heavy atom. The molecule has 5 nitrogen and oxygen atoms in total. The first-order valence-corrected chi connectivity index (χ1v) is 5.91. The fraction of sp³-hybridized carbons (Fsp3) is 0.615. The lowest BCUT2D eigenvalue weighted by Crippen LogP contribution is -2.22. The van der Waals surface area contributed by atoms with Gasteiger partial charge in [0.15, 0.2) is 0 Å². The normalized spacial score (nSPS) is 9.28. The molecule has 0 N–H and O–H groups in total. The van der Waals surface area contributed by atoms with Gasteiger partial charge in [0.25, 0.3) is 5.91 Å². The lowest BCUT2D eigenvalue weighted by molar-refractivity contribution is -0.162. The minimum absolute atomic E-state index is 0.168. The zero-order chi connectivity index (χ0) is 13.8. The van der Waals surface area contributed by atoms with Crippen LogP contribution in [0.15, 0.2) is 17.9 Å². The summed E-state index contributed by atoms with van der Waals surface area (Å²) < 4.78 is 4.54. The SMILES string of the molecule is COC(=O)CCCCCC=C=CC(=O)N(C)OC. The molecule has 1 amide bonds. The minimum Gasteiger partial charge on any atom is -0.469 e. The van der Waals surface area contributed by atoms with Crippen molar-refractivity contribution in [3.63, 3.8) is 0 Å². The molecule has 18 heavy (non-hydrogen) atoms. The molecule has 0 heterocycles. The minimum atomic E-state index is -0.251. The summed E-state index contributed by atoms with van der Waals surface area (Å²) in [5.41, 5.74) is 2.80. The van der Waals surface area contributed by atoms with Gasteiger partial charge in [0, 0.05) is 19.5 Å². The molecule has 0 radical (unpaired) electrons. The predicted octanol–water partition coefficient (Wildman–Crippen LogP) is 1.84. The number of ether oxygens (including phenoxy) is 1. The molecule has 102 valence electrons. The highest BCUT2D eigenvalue weighted by molar-refractivity contribution is 5.86. The van der Waals surface area contributed by atoms with E-state index in [2.05, 4.69) is 10.5 Å². The number of likely N-dealkylation sites (N-methyl/N-ethyl adjacent to an activating group) is 1. The van der Waals surface area contributed by atoms with E-state index in [1.165, 1.54) is 27.3 Å². The average Bonchev–Trinajstić information content (AvgIpc) is 2.39. The van der Waals surface area contributed by atoms with E-state index in [-0.39, 0.29) is 11.9 Å². The molecular formula is C13H21NO4. The summed E-state index contributed by atoms with van der Waals surface area (Å²) in [7, 11) is 4.36. The van der Waals surface area contributed by atoms with E-state index in [1.54, 1.807) is 6.08 Å². The summed E-state index contributed by atoms with van der Waals surface area (Å²) in [4.78, 5) is 26.8. The van der Waals surface area contributed by atoms with Crippen LogP contribution >= 0.6 is 0 Å². The summed E-state index contributed by atoms with van der Waals surface area (Å²) in [5.74, 6) is -0.418. The summed E-state index contributed by atoms with van der Waals surface area (Å²) in [6.07, 6.45) is 7.19. The van der Waals surface area contributed by atoms with Gasteiger partial charge in [0.1, 0.15) is 0 Å². The maximum Gasteiger partial charge on any atom is 0.305 e. The predicted molar refractivity (Wildman–Crippen MR) is 67.5 cm³/mol. The van der Waals surface area contributed by atoms with E-state index in [1.807, 2.05) is 0 Å². The molecule has 0 aliphatic heterocycles. The quantitative estimate of drug-likeness (QED) is 0.218. The van der Waals surface area contributed by atoms with E-state index >= 15 is 0 Å². The molecular weight excluding hydrogens is 234 g/mol. The highest BCUT2D eigenvalue weighted by Crippen LogP contribution is 2.04. The van der Waals surface area contributed by atoms with Crippen molar-refractivity contribution in [1.82, 2.24) is 5.06 Å². The van der Waals surface area contributed by atoms with Crippen molar-refractivity contribution in [2.24, 2.45) is 0 Å². The third-order valence-corrected chi connectivity index (χ3v) is 2.37. The first kappa shape index (κ1) is 16.4. The van der Waals surface area contributed by atoms with E-state index in [9.17, 15) is 9.59 Å². The van der Waals surface area contributed by atoms with Crippen LogP contribution in [0.4, 0.5) is 0 Å². The molecule has 0 atom stereocenters. The molecule has 0 aliphatic carbocycles. The smallest absolute Gasteiger partial charge is 0.305 e. The van der Waals surface area contributed by atoms with Crippen LogP contribution < -0.4 is 0 Å². The Balaban J connectivity index is 3.62. The first-order valence-electron chi connectivity index (χ1n) is 5.91.